The van der Waals surface area contributed by atoms with Crippen LogP contribution in [0.2, 0.25) is 0 Å². The van der Waals surface area contributed by atoms with Gasteiger partial charge in [0.1, 0.15) is 5.75 Å². The molecule has 0 bridgehead atoms. The molecule has 2 aromatic carbocycles. The molecule has 1 fully saturated rings. The van der Waals surface area contributed by atoms with Gasteiger partial charge in [-0.1, -0.05) is 50.6 Å². The third-order valence-electron chi connectivity index (χ3n) is 4.74. The van der Waals surface area contributed by atoms with Gasteiger partial charge in [-0.2, -0.15) is 0 Å². The Morgan fingerprint density at radius 1 is 1.04 bits per heavy atom. The molecule has 0 saturated carbocycles. The lowest BCUT2D eigenvalue weighted by Crippen LogP contribution is -2.27. The van der Waals surface area contributed by atoms with Gasteiger partial charge < -0.3 is 9.64 Å². The number of amides is 1. The van der Waals surface area contributed by atoms with Crippen LogP contribution in [0.15, 0.2) is 48.5 Å². The molecule has 3 rings (SSSR count). The zero-order chi connectivity index (χ0) is 18.9. The second-order valence-corrected chi connectivity index (χ2v) is 7.94. The number of benzene rings is 2. The first-order chi connectivity index (χ1) is 12.2. The normalized spacial score (nSPS) is 17.5. The van der Waals surface area contributed by atoms with Gasteiger partial charge >= 0.3 is 5.97 Å². The summed E-state index contributed by atoms with van der Waals surface area (Å²) in [7, 11) is 0. The highest BCUT2D eigenvalue weighted by molar-refractivity contribution is 5.99. The molecular weight excluding hydrogens is 326 g/mol. The maximum atomic E-state index is 12.5. The Hall–Kier alpha value is -2.62. The van der Waals surface area contributed by atoms with E-state index in [1.165, 1.54) is 5.56 Å². The van der Waals surface area contributed by atoms with E-state index in [0.717, 1.165) is 11.3 Å². The maximum Gasteiger partial charge on any atom is 0.316 e. The van der Waals surface area contributed by atoms with Gasteiger partial charge in [0.15, 0.2) is 0 Å². The Kier molecular flexibility index (Phi) is 4.86. The lowest BCUT2D eigenvalue weighted by atomic mass is 9.87. The summed E-state index contributed by atoms with van der Waals surface area (Å²) in [5.74, 6) is -0.314. The highest BCUT2D eigenvalue weighted by atomic mass is 16.5. The highest BCUT2D eigenvalue weighted by Crippen LogP contribution is 2.28. The van der Waals surface area contributed by atoms with Crippen LogP contribution in [-0.4, -0.2) is 18.4 Å². The molecule has 2 aromatic rings. The Morgan fingerprint density at radius 2 is 1.65 bits per heavy atom. The summed E-state index contributed by atoms with van der Waals surface area (Å²) in [5.41, 5.74) is 3.19. The van der Waals surface area contributed by atoms with Gasteiger partial charge in [-0.15, -0.1) is 0 Å². The molecule has 4 heteroatoms. The highest BCUT2D eigenvalue weighted by Gasteiger charge is 2.36. The summed E-state index contributed by atoms with van der Waals surface area (Å²) < 4.78 is 5.50. The third kappa shape index (κ3) is 3.96. The van der Waals surface area contributed by atoms with E-state index >= 15 is 0 Å². The number of rotatable bonds is 3. The van der Waals surface area contributed by atoms with Crippen molar-refractivity contribution >= 4 is 17.6 Å². The SMILES string of the molecule is Cc1ccc(N2CC(C(=O)Oc3ccc(C(C)(C)C)cc3)CC2=O)cc1. The zero-order valence-corrected chi connectivity index (χ0v) is 15.8. The van der Waals surface area contributed by atoms with Gasteiger partial charge in [0.25, 0.3) is 0 Å². The van der Waals surface area contributed by atoms with E-state index < -0.39 is 5.92 Å². The van der Waals surface area contributed by atoms with E-state index in [1.54, 1.807) is 4.90 Å². The molecule has 26 heavy (non-hydrogen) atoms. The zero-order valence-electron chi connectivity index (χ0n) is 15.8. The van der Waals surface area contributed by atoms with E-state index in [4.69, 9.17) is 4.74 Å². The van der Waals surface area contributed by atoms with Crippen molar-refractivity contribution in [1.82, 2.24) is 0 Å². The first-order valence-corrected chi connectivity index (χ1v) is 8.93. The van der Waals surface area contributed by atoms with Crippen molar-refractivity contribution in [3.8, 4) is 5.75 Å². The van der Waals surface area contributed by atoms with Crippen LogP contribution in [0.4, 0.5) is 5.69 Å². The van der Waals surface area contributed by atoms with E-state index in [2.05, 4.69) is 20.8 Å². The maximum absolute atomic E-state index is 12.5. The fourth-order valence-electron chi connectivity index (χ4n) is 3.06. The Bertz CT molecular complexity index is 801. The van der Waals surface area contributed by atoms with Gasteiger partial charge in [0.05, 0.1) is 5.92 Å². The van der Waals surface area contributed by atoms with Crippen molar-refractivity contribution in [2.75, 3.05) is 11.4 Å². The van der Waals surface area contributed by atoms with Crippen molar-refractivity contribution in [2.24, 2.45) is 5.92 Å². The number of ether oxygens (including phenoxy) is 1. The largest absolute Gasteiger partial charge is 0.426 e. The minimum Gasteiger partial charge on any atom is -0.426 e. The standard InChI is InChI=1S/C22H25NO3/c1-15-5-9-18(10-6-15)23-14-16(13-20(23)24)21(25)26-19-11-7-17(8-12-19)22(2,3)4/h5-12,16H,13-14H2,1-4H3. The summed E-state index contributed by atoms with van der Waals surface area (Å²) >= 11 is 0. The van der Waals surface area contributed by atoms with Gasteiger partial charge in [0.2, 0.25) is 5.91 Å². The van der Waals surface area contributed by atoms with Crippen molar-refractivity contribution in [3.63, 3.8) is 0 Å². The third-order valence-corrected chi connectivity index (χ3v) is 4.74. The lowest BCUT2D eigenvalue weighted by Gasteiger charge is -2.19. The summed E-state index contributed by atoms with van der Waals surface area (Å²) in [6.45, 7) is 8.77. The number of carbonyl (C=O) groups excluding carboxylic acids is 2. The monoisotopic (exact) mass is 351 g/mol. The second-order valence-electron chi connectivity index (χ2n) is 7.94. The molecule has 1 unspecified atom stereocenters. The Balaban J connectivity index is 1.65. The van der Waals surface area contributed by atoms with E-state index in [1.807, 2.05) is 55.5 Å². The molecule has 4 nitrogen and oxygen atoms in total. The van der Waals surface area contributed by atoms with Crippen LogP contribution in [0.3, 0.4) is 0 Å². The first-order valence-electron chi connectivity index (χ1n) is 8.93. The molecular formula is C22H25NO3. The summed E-state index contributed by atoms with van der Waals surface area (Å²) in [5, 5.41) is 0. The summed E-state index contributed by atoms with van der Waals surface area (Å²) in [4.78, 5) is 26.4. The van der Waals surface area contributed by atoms with E-state index in [-0.39, 0.29) is 23.7 Å². The fourth-order valence-corrected chi connectivity index (χ4v) is 3.06. The second kappa shape index (κ2) is 6.94. The minimum atomic E-state index is -0.439. The van der Waals surface area contributed by atoms with E-state index in [0.29, 0.717) is 12.3 Å². The summed E-state index contributed by atoms with van der Waals surface area (Å²) in [6, 6.07) is 15.3. The van der Waals surface area contributed by atoms with Crippen molar-refractivity contribution in [2.45, 2.75) is 39.5 Å². The van der Waals surface area contributed by atoms with Crippen LogP contribution < -0.4 is 9.64 Å². The van der Waals surface area contributed by atoms with Crippen LogP contribution in [0.25, 0.3) is 0 Å². The molecule has 1 aliphatic heterocycles. The number of carbonyl (C=O) groups is 2. The number of nitrogens with zero attached hydrogens (tertiary/aromatic N) is 1. The molecule has 0 aliphatic carbocycles. The predicted molar refractivity (Wildman–Crippen MR) is 102 cm³/mol. The van der Waals surface area contributed by atoms with Gasteiger partial charge in [0, 0.05) is 18.7 Å². The molecule has 0 radical (unpaired) electrons. The number of esters is 1. The quantitative estimate of drug-likeness (QED) is 0.613. The molecule has 0 aromatic heterocycles. The number of hydrogen-bond donors (Lipinski definition) is 0. The van der Waals surface area contributed by atoms with Crippen LogP contribution in [0.5, 0.6) is 5.75 Å². The predicted octanol–water partition coefficient (Wildman–Crippen LogP) is 4.25. The minimum absolute atomic E-state index is 0.0427. The lowest BCUT2D eigenvalue weighted by molar-refractivity contribution is -0.139. The summed E-state index contributed by atoms with van der Waals surface area (Å²) in [6.07, 6.45) is 0.187. The Morgan fingerprint density at radius 3 is 2.23 bits per heavy atom. The van der Waals surface area contributed by atoms with Crippen LogP contribution in [0.1, 0.15) is 38.3 Å². The topological polar surface area (TPSA) is 46.6 Å². The van der Waals surface area contributed by atoms with Crippen molar-refractivity contribution in [3.05, 3.63) is 59.7 Å². The number of aryl methyl sites for hydroxylation is 1. The molecule has 0 N–H and O–H groups in total. The van der Waals surface area contributed by atoms with Gasteiger partial charge in [-0.3, -0.25) is 9.59 Å². The van der Waals surface area contributed by atoms with E-state index in [9.17, 15) is 9.59 Å². The fraction of sp³-hybridized carbons (Fsp3) is 0.364. The van der Waals surface area contributed by atoms with Gasteiger partial charge in [-0.25, -0.2) is 0 Å². The molecule has 0 spiro atoms. The van der Waals surface area contributed by atoms with Gasteiger partial charge in [-0.05, 0) is 42.2 Å². The molecule has 1 amide bonds. The molecule has 1 heterocycles. The smallest absolute Gasteiger partial charge is 0.316 e. The molecule has 1 aliphatic rings. The average Bonchev–Trinajstić information content (AvgIpc) is 2.97. The molecule has 1 atom stereocenters. The van der Waals surface area contributed by atoms with Crippen LogP contribution in [-0.2, 0) is 15.0 Å². The number of hydrogen-bond acceptors (Lipinski definition) is 3. The Labute approximate surface area is 154 Å². The first kappa shape index (κ1) is 18.2. The number of anilines is 1. The molecule has 136 valence electrons. The van der Waals surface area contributed by atoms with Crippen molar-refractivity contribution < 1.29 is 14.3 Å². The molecule has 1 saturated heterocycles. The van der Waals surface area contributed by atoms with Crippen LogP contribution in [0, 0.1) is 12.8 Å². The van der Waals surface area contributed by atoms with Crippen LogP contribution >= 0.6 is 0 Å². The average molecular weight is 351 g/mol. The van der Waals surface area contributed by atoms with Crippen molar-refractivity contribution in [1.29, 1.82) is 0 Å².